The number of nitrogens with one attached hydrogen (secondary N) is 1. The number of fused-ring (bicyclic) bond motifs is 1. The van der Waals surface area contributed by atoms with Gasteiger partial charge in [0, 0.05) is 27.1 Å². The van der Waals surface area contributed by atoms with E-state index in [2.05, 4.69) is 57.9 Å². The molecule has 2 aromatic carbocycles. The van der Waals surface area contributed by atoms with Crippen molar-refractivity contribution in [2.45, 2.75) is 25.8 Å². The summed E-state index contributed by atoms with van der Waals surface area (Å²) < 4.78 is 6.46. The fourth-order valence-electron chi connectivity index (χ4n) is 3.73. The maximum absolute atomic E-state index is 5.27. The largest absolute Gasteiger partial charge is 0.497 e. The number of likely N-dealkylation sites (N-methyl/N-ethyl adjacent to an activating group) is 1. The molecular formula is C22H25IN4O. The average Bonchev–Trinajstić information content (AvgIpc) is 2.74. The van der Waals surface area contributed by atoms with Crippen molar-refractivity contribution in [2.24, 2.45) is 0 Å². The molecule has 146 valence electrons. The number of halogens is 1. The van der Waals surface area contributed by atoms with E-state index in [0.29, 0.717) is 6.04 Å². The zero-order valence-corrected chi connectivity index (χ0v) is 18.4. The van der Waals surface area contributed by atoms with Crippen LogP contribution in [0, 0.1) is 3.57 Å². The molecule has 1 atom stereocenters. The van der Waals surface area contributed by atoms with E-state index in [0.717, 1.165) is 46.9 Å². The normalized spacial score (nSPS) is 17.6. The molecule has 1 unspecified atom stereocenters. The number of ether oxygens (including phenoxy) is 1. The molecule has 0 aliphatic carbocycles. The third-order valence-electron chi connectivity index (χ3n) is 5.30. The van der Waals surface area contributed by atoms with Crippen LogP contribution in [-0.2, 0) is 0 Å². The molecule has 4 rings (SSSR count). The fraction of sp³-hybridized carbons (Fsp3) is 0.364. The van der Waals surface area contributed by atoms with Gasteiger partial charge in [0.1, 0.15) is 11.6 Å². The number of hydrogen-bond acceptors (Lipinski definition) is 5. The van der Waals surface area contributed by atoms with Gasteiger partial charge in [-0.1, -0.05) is 6.92 Å². The summed E-state index contributed by atoms with van der Waals surface area (Å²) in [6, 6.07) is 14.7. The van der Waals surface area contributed by atoms with Gasteiger partial charge in [-0.05, 0) is 91.0 Å². The first-order chi connectivity index (χ1) is 13.7. The molecule has 5 nitrogen and oxygen atoms in total. The lowest BCUT2D eigenvalue weighted by atomic mass is 10.1. The summed E-state index contributed by atoms with van der Waals surface area (Å²) in [5.74, 6) is 2.50. The van der Waals surface area contributed by atoms with Crippen molar-refractivity contribution in [1.29, 1.82) is 0 Å². The van der Waals surface area contributed by atoms with E-state index >= 15 is 0 Å². The maximum Gasteiger partial charge on any atom is 0.162 e. The smallest absolute Gasteiger partial charge is 0.162 e. The number of likely N-dealkylation sites (tertiary alicyclic amines) is 1. The predicted octanol–water partition coefficient (Wildman–Crippen LogP) is 4.81. The molecule has 1 aliphatic rings. The molecule has 0 saturated carbocycles. The monoisotopic (exact) mass is 488 g/mol. The summed E-state index contributed by atoms with van der Waals surface area (Å²) in [6.45, 7) is 5.57. The third-order valence-corrected chi connectivity index (χ3v) is 5.97. The summed E-state index contributed by atoms with van der Waals surface area (Å²) in [4.78, 5) is 12.2. The lowest BCUT2D eigenvalue weighted by molar-refractivity contribution is 0.226. The zero-order chi connectivity index (χ0) is 19.5. The Morgan fingerprint density at radius 1 is 1.18 bits per heavy atom. The highest BCUT2D eigenvalue weighted by molar-refractivity contribution is 14.1. The molecule has 28 heavy (non-hydrogen) atoms. The van der Waals surface area contributed by atoms with Crippen LogP contribution in [0.1, 0.15) is 19.8 Å². The molecule has 1 aliphatic heterocycles. The van der Waals surface area contributed by atoms with Crippen LogP contribution in [0.15, 0.2) is 42.5 Å². The average molecular weight is 488 g/mol. The molecule has 0 amide bonds. The van der Waals surface area contributed by atoms with E-state index in [1.54, 1.807) is 7.11 Å². The summed E-state index contributed by atoms with van der Waals surface area (Å²) in [5, 5.41) is 4.81. The van der Waals surface area contributed by atoms with E-state index in [9.17, 15) is 0 Å². The SMILES string of the molecule is CCN1CCCC(Nc2nc(-c3ccc(OC)cc3)nc3ccc(I)cc23)C1. The Hall–Kier alpha value is -1.93. The Bertz CT molecular complexity index is 961. The van der Waals surface area contributed by atoms with Crippen molar-refractivity contribution in [3.63, 3.8) is 0 Å². The number of aromatic nitrogens is 2. The van der Waals surface area contributed by atoms with Gasteiger partial charge >= 0.3 is 0 Å². The molecule has 0 radical (unpaired) electrons. The second-order valence-corrected chi connectivity index (χ2v) is 8.41. The molecule has 1 saturated heterocycles. The van der Waals surface area contributed by atoms with Gasteiger partial charge in [-0.3, -0.25) is 0 Å². The number of benzene rings is 2. The van der Waals surface area contributed by atoms with Gasteiger partial charge in [0.2, 0.25) is 0 Å². The van der Waals surface area contributed by atoms with E-state index in [1.807, 2.05) is 24.3 Å². The first kappa shape index (κ1) is 19.4. The number of anilines is 1. The Morgan fingerprint density at radius 2 is 2.00 bits per heavy atom. The standard InChI is InChI=1S/C22H25IN4O/c1-3-27-12-4-5-17(14-27)24-22-19-13-16(23)8-11-20(19)25-21(26-22)15-6-9-18(28-2)10-7-15/h6-11,13,17H,3-5,12,14H2,1-2H3,(H,24,25,26). The number of rotatable bonds is 5. The number of piperidine rings is 1. The molecule has 0 bridgehead atoms. The lowest BCUT2D eigenvalue weighted by Gasteiger charge is -2.32. The van der Waals surface area contributed by atoms with Crippen molar-refractivity contribution in [3.8, 4) is 17.1 Å². The van der Waals surface area contributed by atoms with Crippen LogP contribution < -0.4 is 10.1 Å². The van der Waals surface area contributed by atoms with Crippen molar-refractivity contribution in [3.05, 3.63) is 46.0 Å². The van der Waals surface area contributed by atoms with E-state index < -0.39 is 0 Å². The van der Waals surface area contributed by atoms with Crippen molar-refractivity contribution in [2.75, 3.05) is 32.1 Å². The highest BCUT2D eigenvalue weighted by Crippen LogP contribution is 2.28. The first-order valence-electron chi connectivity index (χ1n) is 9.77. The zero-order valence-electron chi connectivity index (χ0n) is 16.3. The lowest BCUT2D eigenvalue weighted by Crippen LogP contribution is -2.42. The van der Waals surface area contributed by atoms with E-state index in [1.165, 1.54) is 23.0 Å². The van der Waals surface area contributed by atoms with Crippen LogP contribution >= 0.6 is 22.6 Å². The van der Waals surface area contributed by atoms with Gasteiger partial charge < -0.3 is 15.0 Å². The quantitative estimate of drug-likeness (QED) is 0.523. The summed E-state index contributed by atoms with van der Waals surface area (Å²) in [5.41, 5.74) is 1.95. The van der Waals surface area contributed by atoms with Gasteiger partial charge in [0.15, 0.2) is 5.82 Å². The van der Waals surface area contributed by atoms with Gasteiger partial charge in [-0.2, -0.15) is 0 Å². The Labute approximate surface area is 179 Å². The molecule has 1 N–H and O–H groups in total. The Balaban J connectivity index is 1.73. The number of hydrogen-bond donors (Lipinski definition) is 1. The van der Waals surface area contributed by atoms with E-state index in [-0.39, 0.29) is 0 Å². The van der Waals surface area contributed by atoms with Gasteiger partial charge in [-0.25, -0.2) is 9.97 Å². The molecule has 2 heterocycles. The van der Waals surface area contributed by atoms with E-state index in [4.69, 9.17) is 14.7 Å². The summed E-state index contributed by atoms with van der Waals surface area (Å²) >= 11 is 2.35. The first-order valence-corrected chi connectivity index (χ1v) is 10.8. The van der Waals surface area contributed by atoms with Crippen molar-refractivity contribution >= 4 is 39.3 Å². The minimum Gasteiger partial charge on any atom is -0.497 e. The Kier molecular flexibility index (Phi) is 5.96. The van der Waals surface area contributed by atoms with Crippen LogP contribution in [0.3, 0.4) is 0 Å². The summed E-state index contributed by atoms with van der Waals surface area (Å²) in [6.07, 6.45) is 2.39. The second-order valence-electron chi connectivity index (χ2n) is 7.16. The van der Waals surface area contributed by atoms with Crippen LogP contribution in [0.2, 0.25) is 0 Å². The minimum atomic E-state index is 0.411. The molecule has 0 spiro atoms. The van der Waals surface area contributed by atoms with Gasteiger partial charge in [0.05, 0.1) is 12.6 Å². The van der Waals surface area contributed by atoms with Crippen LogP contribution in [0.4, 0.5) is 5.82 Å². The van der Waals surface area contributed by atoms with Gasteiger partial charge in [0.25, 0.3) is 0 Å². The highest BCUT2D eigenvalue weighted by atomic mass is 127. The molecular weight excluding hydrogens is 463 g/mol. The Morgan fingerprint density at radius 3 is 2.75 bits per heavy atom. The summed E-state index contributed by atoms with van der Waals surface area (Å²) in [7, 11) is 1.68. The van der Waals surface area contributed by atoms with Gasteiger partial charge in [-0.15, -0.1) is 0 Å². The predicted molar refractivity (Wildman–Crippen MR) is 123 cm³/mol. The highest BCUT2D eigenvalue weighted by Gasteiger charge is 2.20. The van der Waals surface area contributed by atoms with Crippen LogP contribution in [0.5, 0.6) is 5.75 Å². The number of methoxy groups -OCH3 is 1. The topological polar surface area (TPSA) is 50.3 Å². The van der Waals surface area contributed by atoms with Crippen molar-refractivity contribution < 1.29 is 4.74 Å². The molecule has 1 fully saturated rings. The van der Waals surface area contributed by atoms with Crippen LogP contribution in [0.25, 0.3) is 22.3 Å². The minimum absolute atomic E-state index is 0.411. The third kappa shape index (κ3) is 4.22. The second kappa shape index (κ2) is 8.61. The molecule has 3 aromatic rings. The molecule has 1 aromatic heterocycles. The number of nitrogens with zero attached hydrogens (tertiary/aromatic N) is 3. The van der Waals surface area contributed by atoms with Crippen LogP contribution in [-0.4, -0.2) is 47.7 Å². The molecule has 6 heteroatoms. The maximum atomic E-state index is 5.27. The van der Waals surface area contributed by atoms with Crippen molar-refractivity contribution in [1.82, 2.24) is 14.9 Å². The fourth-order valence-corrected chi connectivity index (χ4v) is 4.22.